The third-order valence-electron chi connectivity index (χ3n) is 2.73. The van der Waals surface area contributed by atoms with Gasteiger partial charge in [0.15, 0.2) is 0 Å². The van der Waals surface area contributed by atoms with Gasteiger partial charge in [0.1, 0.15) is 0 Å². The Hall–Kier alpha value is -0.950. The fraction of sp³-hybridized carbons (Fsp3) is 0.455. The minimum absolute atomic E-state index is 0.185. The molecule has 17 heavy (non-hydrogen) atoms. The quantitative estimate of drug-likeness (QED) is 0.840. The Bertz CT molecular complexity index is 480. The minimum atomic E-state index is -3.51. The summed E-state index contributed by atoms with van der Waals surface area (Å²) in [5.41, 5.74) is 0.430. The van der Waals surface area contributed by atoms with E-state index in [2.05, 4.69) is 0 Å². The lowest BCUT2D eigenvalue weighted by Gasteiger charge is -2.26. The monoisotopic (exact) mass is 257 g/mol. The third kappa shape index (κ3) is 2.50. The number of ether oxygens (including phenoxy) is 1. The van der Waals surface area contributed by atoms with Crippen LogP contribution in [0.3, 0.4) is 0 Å². The van der Waals surface area contributed by atoms with E-state index in [4.69, 9.17) is 4.74 Å². The Kier molecular flexibility index (Phi) is 3.78. The molecule has 0 bridgehead atoms. The summed E-state index contributed by atoms with van der Waals surface area (Å²) in [7, 11) is -3.51. The predicted octanol–water partition coefficient (Wildman–Crippen LogP) is 0.200. The molecule has 1 aliphatic heterocycles. The summed E-state index contributed by atoms with van der Waals surface area (Å²) in [6.07, 6.45) is 0. The van der Waals surface area contributed by atoms with Crippen molar-refractivity contribution in [3.05, 3.63) is 29.8 Å². The van der Waals surface area contributed by atoms with Gasteiger partial charge in [-0.2, -0.15) is 4.31 Å². The van der Waals surface area contributed by atoms with Crippen LogP contribution in [0.25, 0.3) is 0 Å². The number of hydrogen-bond donors (Lipinski definition) is 1. The summed E-state index contributed by atoms with van der Waals surface area (Å²) in [6, 6.07) is 6.51. The molecule has 2 rings (SSSR count). The maximum atomic E-state index is 12.3. The molecule has 1 fully saturated rings. The first-order chi connectivity index (χ1) is 8.16. The molecule has 1 heterocycles. The van der Waals surface area contributed by atoms with E-state index in [1.54, 1.807) is 18.2 Å². The Balaban J connectivity index is 2.36. The first kappa shape index (κ1) is 12.5. The van der Waals surface area contributed by atoms with Crippen LogP contribution in [0.2, 0.25) is 0 Å². The highest BCUT2D eigenvalue weighted by Gasteiger charge is 2.27. The van der Waals surface area contributed by atoms with Crippen molar-refractivity contribution in [1.82, 2.24) is 4.31 Å². The second kappa shape index (κ2) is 5.14. The van der Waals surface area contributed by atoms with Gasteiger partial charge in [-0.3, -0.25) is 0 Å². The molecule has 1 aliphatic rings. The lowest BCUT2D eigenvalue weighted by Crippen LogP contribution is -2.40. The van der Waals surface area contributed by atoms with E-state index in [1.807, 2.05) is 0 Å². The maximum Gasteiger partial charge on any atom is 0.243 e. The van der Waals surface area contributed by atoms with Crippen LogP contribution in [0.4, 0.5) is 0 Å². The minimum Gasteiger partial charge on any atom is -0.392 e. The number of nitrogens with zero attached hydrogens (tertiary/aromatic N) is 1. The zero-order valence-electron chi connectivity index (χ0n) is 9.37. The van der Waals surface area contributed by atoms with E-state index >= 15 is 0 Å². The second-order valence-corrected chi connectivity index (χ2v) is 5.69. The molecule has 1 N–H and O–H groups in total. The number of aliphatic hydroxyl groups is 1. The van der Waals surface area contributed by atoms with Crippen molar-refractivity contribution in [3.63, 3.8) is 0 Å². The average Bonchev–Trinajstić information content (AvgIpc) is 2.39. The van der Waals surface area contributed by atoms with Gasteiger partial charge >= 0.3 is 0 Å². The Morgan fingerprint density at radius 3 is 2.53 bits per heavy atom. The van der Waals surface area contributed by atoms with Gasteiger partial charge < -0.3 is 9.84 Å². The van der Waals surface area contributed by atoms with Crippen molar-refractivity contribution in [2.45, 2.75) is 11.5 Å². The van der Waals surface area contributed by atoms with Gasteiger partial charge in [0.25, 0.3) is 0 Å². The van der Waals surface area contributed by atoms with E-state index in [1.165, 1.54) is 10.4 Å². The summed E-state index contributed by atoms with van der Waals surface area (Å²) in [6.45, 7) is 1.28. The van der Waals surface area contributed by atoms with Crippen molar-refractivity contribution in [2.24, 2.45) is 0 Å². The molecular weight excluding hydrogens is 242 g/mol. The van der Waals surface area contributed by atoms with Gasteiger partial charge in [-0.25, -0.2) is 8.42 Å². The van der Waals surface area contributed by atoms with Crippen molar-refractivity contribution >= 4 is 10.0 Å². The third-order valence-corrected chi connectivity index (χ3v) is 4.73. The Morgan fingerprint density at radius 2 is 1.88 bits per heavy atom. The standard InChI is InChI=1S/C11H15NO4S/c13-9-10-3-1-2-4-11(10)17(14,15)12-5-7-16-8-6-12/h1-4,13H,5-9H2. The molecule has 0 aromatic heterocycles. The van der Waals surface area contributed by atoms with Gasteiger partial charge in [0, 0.05) is 13.1 Å². The van der Waals surface area contributed by atoms with E-state index in [0.717, 1.165) is 0 Å². The molecule has 0 amide bonds. The molecule has 6 heteroatoms. The zero-order valence-corrected chi connectivity index (χ0v) is 10.2. The number of morpholine rings is 1. The summed E-state index contributed by atoms with van der Waals surface area (Å²) in [4.78, 5) is 0.185. The highest BCUT2D eigenvalue weighted by Crippen LogP contribution is 2.20. The molecule has 5 nitrogen and oxygen atoms in total. The zero-order chi connectivity index (χ0) is 12.3. The highest BCUT2D eigenvalue weighted by molar-refractivity contribution is 7.89. The van der Waals surface area contributed by atoms with Crippen molar-refractivity contribution in [2.75, 3.05) is 26.3 Å². The summed E-state index contributed by atoms with van der Waals surface area (Å²) < 4.78 is 31.2. The normalized spacial score (nSPS) is 18.2. The fourth-order valence-corrected chi connectivity index (χ4v) is 3.43. The Morgan fingerprint density at radius 1 is 1.24 bits per heavy atom. The van der Waals surface area contributed by atoms with Crippen LogP contribution < -0.4 is 0 Å². The largest absolute Gasteiger partial charge is 0.392 e. The van der Waals surface area contributed by atoms with Crippen LogP contribution >= 0.6 is 0 Å². The molecule has 0 spiro atoms. The molecule has 0 aliphatic carbocycles. The number of hydrogen-bond acceptors (Lipinski definition) is 4. The molecule has 0 saturated carbocycles. The van der Waals surface area contributed by atoms with E-state index < -0.39 is 10.0 Å². The van der Waals surface area contributed by atoms with Crippen LogP contribution in [0.5, 0.6) is 0 Å². The van der Waals surface area contributed by atoms with E-state index in [0.29, 0.717) is 31.9 Å². The summed E-state index contributed by atoms with van der Waals surface area (Å²) in [5.74, 6) is 0. The van der Waals surface area contributed by atoms with Gasteiger partial charge in [-0.05, 0) is 11.6 Å². The molecule has 0 unspecified atom stereocenters. The molecule has 0 atom stereocenters. The average molecular weight is 257 g/mol. The van der Waals surface area contributed by atoms with Gasteiger partial charge in [0.2, 0.25) is 10.0 Å². The van der Waals surface area contributed by atoms with Crippen LogP contribution in [-0.2, 0) is 21.4 Å². The fourth-order valence-electron chi connectivity index (χ4n) is 1.81. The lowest BCUT2D eigenvalue weighted by atomic mass is 10.2. The van der Waals surface area contributed by atoms with E-state index in [9.17, 15) is 13.5 Å². The predicted molar refractivity (Wildman–Crippen MR) is 61.9 cm³/mol. The Labute approximate surface area is 101 Å². The molecule has 1 saturated heterocycles. The molecule has 0 radical (unpaired) electrons. The van der Waals surface area contributed by atoms with Crippen molar-refractivity contribution < 1.29 is 18.3 Å². The molecular formula is C11H15NO4S. The lowest BCUT2D eigenvalue weighted by molar-refractivity contribution is 0.0730. The van der Waals surface area contributed by atoms with E-state index in [-0.39, 0.29) is 11.5 Å². The van der Waals surface area contributed by atoms with Crippen molar-refractivity contribution in [3.8, 4) is 0 Å². The number of rotatable bonds is 3. The molecule has 1 aromatic carbocycles. The topological polar surface area (TPSA) is 66.8 Å². The van der Waals surface area contributed by atoms with Gasteiger partial charge in [-0.1, -0.05) is 18.2 Å². The maximum absolute atomic E-state index is 12.3. The number of aliphatic hydroxyl groups excluding tert-OH is 1. The van der Waals surface area contributed by atoms with Crippen LogP contribution in [0.15, 0.2) is 29.2 Å². The summed E-state index contributed by atoms with van der Waals surface area (Å²) >= 11 is 0. The van der Waals surface area contributed by atoms with Crippen molar-refractivity contribution in [1.29, 1.82) is 0 Å². The first-order valence-electron chi connectivity index (χ1n) is 5.43. The molecule has 1 aromatic rings. The highest BCUT2D eigenvalue weighted by atomic mass is 32.2. The van der Waals surface area contributed by atoms with Crippen LogP contribution in [0, 0.1) is 0 Å². The number of sulfonamides is 1. The van der Waals surface area contributed by atoms with Crippen LogP contribution in [0.1, 0.15) is 5.56 Å². The molecule has 94 valence electrons. The van der Waals surface area contributed by atoms with Crippen LogP contribution in [-0.4, -0.2) is 44.1 Å². The summed E-state index contributed by atoms with van der Waals surface area (Å²) in [5, 5.41) is 9.17. The van der Waals surface area contributed by atoms with Gasteiger partial charge in [-0.15, -0.1) is 0 Å². The first-order valence-corrected chi connectivity index (χ1v) is 6.87. The SMILES string of the molecule is O=S(=O)(c1ccccc1CO)N1CCOCC1. The smallest absolute Gasteiger partial charge is 0.243 e. The number of benzene rings is 1. The van der Waals surface area contributed by atoms with Gasteiger partial charge in [0.05, 0.1) is 24.7 Å². The second-order valence-electron chi connectivity index (χ2n) is 3.78.